The van der Waals surface area contributed by atoms with Crippen molar-refractivity contribution in [1.82, 2.24) is 5.32 Å². The summed E-state index contributed by atoms with van der Waals surface area (Å²) in [5.74, 6) is 0. The van der Waals surface area contributed by atoms with Crippen molar-refractivity contribution in [3.05, 3.63) is 0 Å². The van der Waals surface area contributed by atoms with Crippen LogP contribution in [0.2, 0.25) is 0 Å². The Bertz CT molecular complexity index is 180. The van der Waals surface area contributed by atoms with Crippen molar-refractivity contribution >= 4 is 0 Å². The van der Waals surface area contributed by atoms with Crippen molar-refractivity contribution in [3.63, 3.8) is 0 Å². The molecule has 0 amide bonds. The number of halogens is 3. The van der Waals surface area contributed by atoms with Crippen LogP contribution in [0.25, 0.3) is 0 Å². The summed E-state index contributed by atoms with van der Waals surface area (Å²) in [6, 6.07) is 0.0160. The van der Waals surface area contributed by atoms with Crippen molar-refractivity contribution < 1.29 is 17.9 Å². The monoisotopic (exact) mass is 227 g/mol. The molecule has 0 saturated heterocycles. The molecule has 0 bridgehead atoms. The fourth-order valence-electron chi connectivity index (χ4n) is 1.35. The molecule has 0 fully saturated rings. The maximum Gasteiger partial charge on any atom is 0.390 e. The van der Waals surface area contributed by atoms with Gasteiger partial charge in [0.2, 0.25) is 0 Å². The lowest BCUT2D eigenvalue weighted by Gasteiger charge is -2.27. The first-order valence-electron chi connectivity index (χ1n) is 5.01. The minimum Gasteiger partial charge on any atom is -0.379 e. The molecule has 0 aliphatic heterocycles. The Morgan fingerprint density at radius 2 is 1.80 bits per heavy atom. The molecule has 1 unspecified atom stereocenters. The molecule has 1 atom stereocenters. The number of rotatable bonds is 6. The topological polar surface area (TPSA) is 21.3 Å². The van der Waals surface area contributed by atoms with Crippen LogP contribution >= 0.6 is 0 Å². The van der Waals surface area contributed by atoms with Gasteiger partial charge in [0.1, 0.15) is 0 Å². The highest BCUT2D eigenvalue weighted by Gasteiger charge is 2.27. The van der Waals surface area contributed by atoms with Crippen LogP contribution in [0.1, 0.15) is 33.6 Å². The molecule has 0 aromatic carbocycles. The zero-order chi connectivity index (χ0) is 12.1. The van der Waals surface area contributed by atoms with Crippen LogP contribution in [0, 0.1) is 0 Å². The lowest BCUT2D eigenvalue weighted by atomic mass is 10.00. The first kappa shape index (κ1) is 14.7. The van der Waals surface area contributed by atoms with Gasteiger partial charge in [0.25, 0.3) is 0 Å². The second kappa shape index (κ2) is 5.70. The summed E-state index contributed by atoms with van der Waals surface area (Å²) in [6.07, 6.45) is -4.18. The van der Waals surface area contributed by atoms with E-state index in [0.29, 0.717) is 6.42 Å². The van der Waals surface area contributed by atoms with E-state index in [-0.39, 0.29) is 18.2 Å². The predicted molar refractivity (Wildman–Crippen MR) is 53.8 cm³/mol. The minimum atomic E-state index is -4.08. The molecular formula is C10H20F3NO. The number of ether oxygens (including phenoxy) is 1. The molecule has 1 N–H and O–H groups in total. The molecule has 0 aliphatic carbocycles. The van der Waals surface area contributed by atoms with E-state index in [2.05, 4.69) is 5.32 Å². The number of alkyl halides is 3. The van der Waals surface area contributed by atoms with Crippen molar-refractivity contribution in [2.75, 3.05) is 13.7 Å². The maximum atomic E-state index is 11.8. The molecule has 15 heavy (non-hydrogen) atoms. The van der Waals surface area contributed by atoms with Crippen molar-refractivity contribution in [2.45, 2.75) is 51.4 Å². The molecule has 0 aliphatic rings. The smallest absolute Gasteiger partial charge is 0.379 e. The number of hydrogen-bond donors (Lipinski definition) is 1. The normalized spacial score (nSPS) is 15.4. The van der Waals surface area contributed by atoms with E-state index in [4.69, 9.17) is 4.74 Å². The maximum absolute atomic E-state index is 11.8. The summed E-state index contributed by atoms with van der Waals surface area (Å²) in [5, 5.41) is 2.83. The van der Waals surface area contributed by atoms with E-state index < -0.39 is 12.6 Å². The molecule has 0 aromatic heterocycles. The predicted octanol–water partition coefficient (Wildman–Crippen LogP) is 2.73. The number of nitrogens with one attached hydrogen (secondary N) is 1. The fourth-order valence-corrected chi connectivity index (χ4v) is 1.35. The summed E-state index contributed by atoms with van der Waals surface area (Å²) >= 11 is 0. The van der Waals surface area contributed by atoms with Gasteiger partial charge in [0.05, 0.1) is 12.0 Å². The zero-order valence-corrected chi connectivity index (χ0v) is 9.74. The van der Waals surface area contributed by atoms with Crippen molar-refractivity contribution in [3.8, 4) is 0 Å². The summed E-state index contributed by atoms with van der Waals surface area (Å²) in [7, 11) is 1.60. The van der Waals surface area contributed by atoms with Crippen LogP contribution in [-0.4, -0.2) is 31.5 Å². The summed E-state index contributed by atoms with van der Waals surface area (Å²) < 4.78 is 40.7. The van der Waals surface area contributed by atoms with E-state index in [0.717, 1.165) is 0 Å². The molecule has 0 spiro atoms. The van der Waals surface area contributed by atoms with Crippen LogP contribution in [0.5, 0.6) is 0 Å². The van der Waals surface area contributed by atoms with Gasteiger partial charge in [-0.3, -0.25) is 0 Å². The van der Waals surface area contributed by atoms with Gasteiger partial charge in [-0.1, -0.05) is 0 Å². The van der Waals surface area contributed by atoms with Crippen LogP contribution < -0.4 is 5.32 Å². The standard InChI is InChI=1S/C10H20F3NO/c1-8(7-9(2,3)15-4)14-6-5-10(11,12)13/h8,14H,5-7H2,1-4H3. The largest absolute Gasteiger partial charge is 0.390 e. The Kier molecular flexibility index (Phi) is 5.59. The van der Waals surface area contributed by atoms with Crippen LogP contribution in [0.3, 0.4) is 0 Å². The van der Waals surface area contributed by atoms with E-state index in [9.17, 15) is 13.2 Å². The van der Waals surface area contributed by atoms with E-state index in [1.807, 2.05) is 20.8 Å². The van der Waals surface area contributed by atoms with Gasteiger partial charge in [-0.05, 0) is 27.2 Å². The molecule has 5 heteroatoms. The first-order valence-corrected chi connectivity index (χ1v) is 5.01. The molecule has 0 saturated carbocycles. The quantitative estimate of drug-likeness (QED) is 0.753. The Morgan fingerprint density at radius 1 is 1.27 bits per heavy atom. The lowest BCUT2D eigenvalue weighted by molar-refractivity contribution is -0.133. The molecule has 2 nitrogen and oxygen atoms in total. The minimum absolute atomic E-state index is 0.0160. The third kappa shape index (κ3) is 8.69. The van der Waals surface area contributed by atoms with Gasteiger partial charge < -0.3 is 10.1 Å². The van der Waals surface area contributed by atoms with Gasteiger partial charge in [0.15, 0.2) is 0 Å². The number of hydrogen-bond acceptors (Lipinski definition) is 2. The first-order chi connectivity index (χ1) is 6.66. The van der Waals surface area contributed by atoms with Crippen molar-refractivity contribution in [1.29, 1.82) is 0 Å². The highest BCUT2D eigenvalue weighted by atomic mass is 19.4. The molecular weight excluding hydrogens is 207 g/mol. The summed E-state index contributed by atoms with van der Waals surface area (Å²) in [5.41, 5.74) is -0.301. The van der Waals surface area contributed by atoms with Gasteiger partial charge in [-0.25, -0.2) is 0 Å². The molecule has 0 rings (SSSR count). The Labute approximate surface area is 89.2 Å². The van der Waals surface area contributed by atoms with Crippen LogP contribution in [0.4, 0.5) is 13.2 Å². The Morgan fingerprint density at radius 3 is 2.20 bits per heavy atom. The fraction of sp³-hybridized carbons (Fsp3) is 1.00. The highest BCUT2D eigenvalue weighted by Crippen LogP contribution is 2.19. The van der Waals surface area contributed by atoms with E-state index in [1.165, 1.54) is 0 Å². The third-order valence-electron chi connectivity index (χ3n) is 2.25. The molecule has 0 heterocycles. The lowest BCUT2D eigenvalue weighted by Crippen LogP contribution is -2.37. The molecule has 0 aromatic rings. The van der Waals surface area contributed by atoms with Crippen LogP contribution in [-0.2, 0) is 4.74 Å². The zero-order valence-electron chi connectivity index (χ0n) is 9.74. The number of methoxy groups -OCH3 is 1. The molecule has 0 radical (unpaired) electrons. The highest BCUT2D eigenvalue weighted by molar-refractivity contribution is 4.75. The van der Waals surface area contributed by atoms with Gasteiger partial charge in [-0.15, -0.1) is 0 Å². The van der Waals surface area contributed by atoms with Crippen molar-refractivity contribution in [2.24, 2.45) is 0 Å². The second-order valence-corrected chi connectivity index (χ2v) is 4.39. The van der Waals surface area contributed by atoms with Gasteiger partial charge in [0, 0.05) is 19.7 Å². The van der Waals surface area contributed by atoms with Gasteiger partial charge >= 0.3 is 6.18 Å². The SMILES string of the molecule is COC(C)(C)CC(C)NCCC(F)(F)F. The Hall–Kier alpha value is -0.290. The average molecular weight is 227 g/mol. The van der Waals surface area contributed by atoms with E-state index in [1.54, 1.807) is 7.11 Å². The molecule has 92 valence electrons. The van der Waals surface area contributed by atoms with Gasteiger partial charge in [-0.2, -0.15) is 13.2 Å². The second-order valence-electron chi connectivity index (χ2n) is 4.39. The Balaban J connectivity index is 3.71. The summed E-state index contributed by atoms with van der Waals surface area (Å²) in [4.78, 5) is 0. The average Bonchev–Trinajstić information content (AvgIpc) is 2.00. The summed E-state index contributed by atoms with van der Waals surface area (Å²) in [6.45, 7) is 5.64. The third-order valence-corrected chi connectivity index (χ3v) is 2.25. The van der Waals surface area contributed by atoms with E-state index >= 15 is 0 Å². The van der Waals surface area contributed by atoms with Crippen LogP contribution in [0.15, 0.2) is 0 Å².